The highest BCUT2D eigenvalue weighted by atomic mass is 35.5. The van der Waals surface area contributed by atoms with Gasteiger partial charge in [-0.05, 0) is 39.9 Å². The molecule has 29 heavy (non-hydrogen) atoms. The number of hydrogen-bond acceptors (Lipinski definition) is 2. The predicted octanol–water partition coefficient (Wildman–Crippen LogP) is 7.28. The van der Waals surface area contributed by atoms with Crippen LogP contribution in [-0.4, -0.2) is 9.97 Å². The zero-order valence-corrected chi connectivity index (χ0v) is 16.3. The van der Waals surface area contributed by atoms with E-state index in [0.717, 1.165) is 27.7 Å². The zero-order chi connectivity index (χ0) is 19.6. The molecule has 5 aromatic rings. The Kier molecular flexibility index (Phi) is 4.55. The summed E-state index contributed by atoms with van der Waals surface area (Å²) in [5, 5.41) is 1.26. The molecule has 0 atom stereocenters. The highest BCUT2D eigenvalue weighted by Crippen LogP contribution is 2.30. The predicted molar refractivity (Wildman–Crippen MR) is 121 cm³/mol. The lowest BCUT2D eigenvalue weighted by Crippen LogP contribution is -1.91. The number of aromatic nitrogens is 2. The van der Waals surface area contributed by atoms with Gasteiger partial charge in [-0.15, -0.1) is 0 Å². The van der Waals surface area contributed by atoms with Crippen LogP contribution in [0.1, 0.15) is 0 Å². The van der Waals surface area contributed by atoms with Crippen molar-refractivity contribution < 1.29 is 0 Å². The molecule has 2 nitrogen and oxygen atoms in total. The number of rotatable bonds is 3. The van der Waals surface area contributed by atoms with E-state index in [0.29, 0.717) is 0 Å². The SMILES string of the molecule is Clc1nc(-c2ccc(-c3ccc(-c4ccccc4)cc3)cc2)c2ccccc2n1. The molecule has 4 aromatic carbocycles. The van der Waals surface area contributed by atoms with Gasteiger partial charge in [0, 0.05) is 10.9 Å². The van der Waals surface area contributed by atoms with E-state index in [2.05, 4.69) is 82.8 Å². The van der Waals surface area contributed by atoms with Crippen LogP contribution in [0, 0.1) is 0 Å². The second-order valence-corrected chi connectivity index (χ2v) is 7.22. The Hall–Kier alpha value is -3.49. The summed E-state index contributed by atoms with van der Waals surface area (Å²) in [6.07, 6.45) is 0. The molecule has 0 radical (unpaired) electrons. The molecule has 0 unspecified atom stereocenters. The summed E-state index contributed by atoms with van der Waals surface area (Å²) >= 11 is 6.14. The fourth-order valence-corrected chi connectivity index (χ4v) is 3.75. The number of nitrogens with zero attached hydrogens (tertiary/aromatic N) is 2. The van der Waals surface area contributed by atoms with Gasteiger partial charge in [-0.25, -0.2) is 9.97 Å². The van der Waals surface area contributed by atoms with E-state index in [9.17, 15) is 0 Å². The van der Waals surface area contributed by atoms with E-state index in [1.165, 1.54) is 16.7 Å². The Morgan fingerprint density at radius 3 is 1.55 bits per heavy atom. The first kappa shape index (κ1) is 17.6. The van der Waals surface area contributed by atoms with Gasteiger partial charge in [0.2, 0.25) is 5.28 Å². The third-order valence-electron chi connectivity index (χ3n) is 5.06. The smallest absolute Gasteiger partial charge is 0.218 e. The van der Waals surface area contributed by atoms with E-state index in [1.807, 2.05) is 30.3 Å². The topological polar surface area (TPSA) is 25.8 Å². The average Bonchev–Trinajstić information content (AvgIpc) is 2.79. The fraction of sp³-hybridized carbons (Fsp3) is 0. The quantitative estimate of drug-likeness (QED) is 0.301. The number of para-hydroxylation sites is 1. The van der Waals surface area contributed by atoms with Crippen LogP contribution in [0.2, 0.25) is 5.28 Å². The molecule has 3 heteroatoms. The number of hydrogen-bond donors (Lipinski definition) is 0. The molecule has 0 saturated carbocycles. The largest absolute Gasteiger partial charge is 0.223 e. The molecule has 0 aliphatic carbocycles. The van der Waals surface area contributed by atoms with Gasteiger partial charge in [-0.3, -0.25) is 0 Å². The van der Waals surface area contributed by atoms with Crippen LogP contribution < -0.4 is 0 Å². The van der Waals surface area contributed by atoms with Crippen molar-refractivity contribution in [3.8, 4) is 33.5 Å². The summed E-state index contributed by atoms with van der Waals surface area (Å²) in [7, 11) is 0. The van der Waals surface area contributed by atoms with Gasteiger partial charge in [-0.2, -0.15) is 0 Å². The Balaban J connectivity index is 1.48. The summed E-state index contributed by atoms with van der Waals surface area (Å²) in [5.74, 6) is 0. The van der Waals surface area contributed by atoms with Crippen LogP contribution in [0.4, 0.5) is 0 Å². The minimum absolute atomic E-state index is 0.263. The van der Waals surface area contributed by atoms with Gasteiger partial charge in [0.1, 0.15) is 0 Å². The highest BCUT2D eigenvalue weighted by molar-refractivity contribution is 6.28. The van der Waals surface area contributed by atoms with E-state index in [1.54, 1.807) is 0 Å². The van der Waals surface area contributed by atoms with Crippen LogP contribution in [0.25, 0.3) is 44.4 Å². The van der Waals surface area contributed by atoms with Gasteiger partial charge in [0.15, 0.2) is 0 Å². The molecule has 5 rings (SSSR count). The van der Waals surface area contributed by atoms with Crippen molar-refractivity contribution in [1.82, 2.24) is 9.97 Å². The van der Waals surface area contributed by atoms with Crippen molar-refractivity contribution in [2.45, 2.75) is 0 Å². The third kappa shape index (κ3) is 3.51. The third-order valence-corrected chi connectivity index (χ3v) is 5.23. The first-order valence-electron chi connectivity index (χ1n) is 9.46. The monoisotopic (exact) mass is 392 g/mol. The highest BCUT2D eigenvalue weighted by Gasteiger charge is 2.09. The van der Waals surface area contributed by atoms with E-state index >= 15 is 0 Å². The Bertz CT molecular complexity index is 1280. The molecule has 0 aliphatic rings. The van der Waals surface area contributed by atoms with Crippen molar-refractivity contribution in [3.63, 3.8) is 0 Å². The first-order chi connectivity index (χ1) is 14.3. The van der Waals surface area contributed by atoms with Crippen LogP contribution >= 0.6 is 11.6 Å². The van der Waals surface area contributed by atoms with E-state index in [4.69, 9.17) is 11.6 Å². The van der Waals surface area contributed by atoms with Crippen LogP contribution in [0.3, 0.4) is 0 Å². The number of benzene rings is 4. The minimum Gasteiger partial charge on any atom is -0.218 e. The van der Waals surface area contributed by atoms with Gasteiger partial charge in [0.05, 0.1) is 11.2 Å². The lowest BCUT2D eigenvalue weighted by atomic mass is 9.98. The van der Waals surface area contributed by atoms with E-state index in [-0.39, 0.29) is 5.28 Å². The molecule has 0 spiro atoms. The van der Waals surface area contributed by atoms with Crippen LogP contribution in [0.15, 0.2) is 103 Å². The number of fused-ring (bicyclic) bond motifs is 1. The second kappa shape index (κ2) is 7.50. The summed E-state index contributed by atoms with van der Waals surface area (Å²) in [6.45, 7) is 0. The standard InChI is InChI=1S/C26H17ClN2/c27-26-28-24-9-5-4-8-23(24)25(29-26)22-16-14-21(15-17-22)20-12-10-19(11-13-20)18-6-2-1-3-7-18/h1-17H. The van der Waals surface area contributed by atoms with Crippen molar-refractivity contribution >= 4 is 22.5 Å². The molecule has 1 aromatic heterocycles. The maximum Gasteiger partial charge on any atom is 0.223 e. The summed E-state index contributed by atoms with van der Waals surface area (Å²) in [6, 6.07) is 35.4. The molecular formula is C26H17ClN2. The average molecular weight is 393 g/mol. The molecule has 0 N–H and O–H groups in total. The lowest BCUT2D eigenvalue weighted by molar-refractivity contribution is 1.22. The van der Waals surface area contributed by atoms with Crippen molar-refractivity contribution in [2.24, 2.45) is 0 Å². The van der Waals surface area contributed by atoms with Gasteiger partial charge < -0.3 is 0 Å². The van der Waals surface area contributed by atoms with Gasteiger partial charge >= 0.3 is 0 Å². The Morgan fingerprint density at radius 1 is 0.448 bits per heavy atom. The molecule has 0 aliphatic heterocycles. The van der Waals surface area contributed by atoms with Crippen LogP contribution in [0.5, 0.6) is 0 Å². The molecule has 138 valence electrons. The first-order valence-corrected chi connectivity index (χ1v) is 9.84. The lowest BCUT2D eigenvalue weighted by Gasteiger charge is -2.08. The summed E-state index contributed by atoms with van der Waals surface area (Å²) in [5.41, 5.74) is 7.51. The maximum atomic E-state index is 6.14. The summed E-state index contributed by atoms with van der Waals surface area (Å²) < 4.78 is 0. The fourth-order valence-electron chi connectivity index (χ4n) is 3.57. The molecule has 1 heterocycles. The maximum absolute atomic E-state index is 6.14. The van der Waals surface area contributed by atoms with Crippen LogP contribution in [-0.2, 0) is 0 Å². The Morgan fingerprint density at radius 2 is 0.931 bits per heavy atom. The molecule has 0 fully saturated rings. The molecule has 0 amide bonds. The van der Waals surface area contributed by atoms with Gasteiger partial charge in [0.25, 0.3) is 0 Å². The second-order valence-electron chi connectivity index (χ2n) is 6.88. The van der Waals surface area contributed by atoms with Crippen molar-refractivity contribution in [1.29, 1.82) is 0 Å². The zero-order valence-electron chi connectivity index (χ0n) is 15.6. The van der Waals surface area contributed by atoms with E-state index < -0.39 is 0 Å². The number of halogens is 1. The van der Waals surface area contributed by atoms with Gasteiger partial charge in [-0.1, -0.05) is 97.1 Å². The molecule has 0 saturated heterocycles. The summed E-state index contributed by atoms with van der Waals surface area (Å²) in [4.78, 5) is 8.79. The molecule has 0 bridgehead atoms. The molecular weight excluding hydrogens is 376 g/mol. The van der Waals surface area contributed by atoms with Crippen molar-refractivity contribution in [3.05, 3.63) is 108 Å². The van der Waals surface area contributed by atoms with Crippen molar-refractivity contribution in [2.75, 3.05) is 0 Å². The minimum atomic E-state index is 0.263. The Labute approximate surface area is 174 Å². The normalized spacial score (nSPS) is 10.9.